The summed E-state index contributed by atoms with van der Waals surface area (Å²) in [5.74, 6) is 1.05. The number of carbonyl (C=O) groups is 2. The summed E-state index contributed by atoms with van der Waals surface area (Å²) in [5.41, 5.74) is 2.07. The summed E-state index contributed by atoms with van der Waals surface area (Å²) in [5, 5.41) is 0. The third-order valence-electron chi connectivity index (χ3n) is 7.36. The minimum Gasteiger partial charge on any atom is -0.465 e. The molecule has 0 aromatic heterocycles. The van der Waals surface area contributed by atoms with Gasteiger partial charge in [-0.1, -0.05) is 74.5 Å². The maximum atomic E-state index is 12.3. The first-order valence-corrected chi connectivity index (χ1v) is 14.4. The standard InChI is InChI=1S/2C16H23NO2/c2*1-3-19-16(18)15(14-9-5-4-6-10-14)17-11-7-8-13(2)12-17/h2*4-6,9-10,13,15H,3,7-8,11-12H2,1-2H3/t13-,15+;13-,15-/m00/s1. The zero-order valence-corrected chi connectivity index (χ0v) is 23.7. The van der Waals surface area contributed by atoms with Gasteiger partial charge in [0.25, 0.3) is 0 Å². The molecule has 2 saturated heterocycles. The number of piperidine rings is 2. The lowest BCUT2D eigenvalue weighted by atomic mass is 9.96. The molecule has 2 aliphatic heterocycles. The number of nitrogens with zero attached hydrogens (tertiary/aromatic N) is 2. The Morgan fingerprint density at radius 1 is 0.711 bits per heavy atom. The highest BCUT2D eigenvalue weighted by molar-refractivity contribution is 5.78. The number of benzene rings is 2. The maximum absolute atomic E-state index is 12.3. The van der Waals surface area contributed by atoms with E-state index in [9.17, 15) is 9.59 Å². The lowest BCUT2D eigenvalue weighted by Crippen LogP contribution is -2.41. The average molecular weight is 523 g/mol. The summed E-state index contributed by atoms with van der Waals surface area (Å²) in [7, 11) is 0. The topological polar surface area (TPSA) is 59.1 Å². The Labute approximate surface area is 229 Å². The summed E-state index contributed by atoms with van der Waals surface area (Å²) in [6.45, 7) is 13.0. The molecule has 2 fully saturated rings. The molecule has 2 aromatic carbocycles. The first-order valence-electron chi connectivity index (χ1n) is 14.4. The van der Waals surface area contributed by atoms with E-state index in [-0.39, 0.29) is 24.0 Å². The molecule has 2 heterocycles. The number of hydrogen-bond donors (Lipinski definition) is 0. The van der Waals surface area contributed by atoms with Crippen molar-refractivity contribution in [3.8, 4) is 0 Å². The van der Waals surface area contributed by atoms with Crippen LogP contribution in [0.3, 0.4) is 0 Å². The van der Waals surface area contributed by atoms with Crippen molar-refractivity contribution >= 4 is 11.9 Å². The average Bonchev–Trinajstić information content (AvgIpc) is 2.91. The molecule has 6 heteroatoms. The Bertz CT molecular complexity index is 888. The number of rotatable bonds is 8. The molecule has 0 unspecified atom stereocenters. The Balaban J connectivity index is 0.000000211. The van der Waals surface area contributed by atoms with Crippen molar-refractivity contribution in [3.05, 3.63) is 71.8 Å². The van der Waals surface area contributed by atoms with E-state index < -0.39 is 0 Å². The molecule has 0 aliphatic carbocycles. The van der Waals surface area contributed by atoms with Gasteiger partial charge in [-0.05, 0) is 75.6 Å². The lowest BCUT2D eigenvalue weighted by Gasteiger charge is -2.36. The smallest absolute Gasteiger partial charge is 0.327 e. The summed E-state index contributed by atoms with van der Waals surface area (Å²) in [6, 6.07) is 19.4. The number of esters is 2. The fourth-order valence-electron chi connectivity index (χ4n) is 5.63. The van der Waals surface area contributed by atoms with E-state index in [1.54, 1.807) is 0 Å². The van der Waals surface area contributed by atoms with E-state index in [4.69, 9.17) is 9.47 Å². The molecule has 38 heavy (non-hydrogen) atoms. The van der Waals surface area contributed by atoms with E-state index in [1.165, 1.54) is 12.8 Å². The van der Waals surface area contributed by atoms with Crippen LogP contribution in [0.1, 0.15) is 76.6 Å². The van der Waals surface area contributed by atoms with Crippen LogP contribution in [0, 0.1) is 11.8 Å². The number of ether oxygens (including phenoxy) is 2. The normalized spacial score (nSPS) is 21.9. The molecular formula is C32H46N2O4. The van der Waals surface area contributed by atoms with E-state index in [2.05, 4.69) is 23.6 Å². The van der Waals surface area contributed by atoms with Crippen molar-refractivity contribution in [2.75, 3.05) is 39.4 Å². The second-order valence-corrected chi connectivity index (χ2v) is 10.6. The van der Waals surface area contributed by atoms with Crippen LogP contribution in [0.15, 0.2) is 60.7 Å². The van der Waals surface area contributed by atoms with Gasteiger partial charge in [-0.15, -0.1) is 0 Å². The van der Waals surface area contributed by atoms with Crippen molar-refractivity contribution < 1.29 is 19.1 Å². The molecule has 2 aromatic rings. The van der Waals surface area contributed by atoms with Crippen molar-refractivity contribution in [1.82, 2.24) is 9.80 Å². The quantitative estimate of drug-likeness (QED) is 0.394. The van der Waals surface area contributed by atoms with Crippen LogP contribution in [0.5, 0.6) is 0 Å². The minimum absolute atomic E-state index is 0.122. The van der Waals surface area contributed by atoms with Gasteiger partial charge in [-0.25, -0.2) is 9.59 Å². The third-order valence-corrected chi connectivity index (χ3v) is 7.36. The first kappa shape index (κ1) is 29.9. The number of hydrogen-bond acceptors (Lipinski definition) is 6. The molecule has 0 bridgehead atoms. The largest absolute Gasteiger partial charge is 0.465 e. The molecule has 6 nitrogen and oxygen atoms in total. The van der Waals surface area contributed by atoms with Crippen molar-refractivity contribution in [1.29, 1.82) is 0 Å². The molecule has 4 rings (SSSR count). The highest BCUT2D eigenvalue weighted by Gasteiger charge is 2.32. The summed E-state index contributed by atoms with van der Waals surface area (Å²) >= 11 is 0. The van der Waals surface area contributed by atoms with Crippen molar-refractivity contribution in [2.24, 2.45) is 11.8 Å². The predicted molar refractivity (Wildman–Crippen MR) is 152 cm³/mol. The van der Waals surface area contributed by atoms with Gasteiger partial charge in [0, 0.05) is 13.1 Å². The Hall–Kier alpha value is -2.70. The summed E-state index contributed by atoms with van der Waals surface area (Å²) in [4.78, 5) is 29.1. The van der Waals surface area contributed by atoms with Gasteiger partial charge in [0.2, 0.25) is 0 Å². The molecule has 0 radical (unpaired) electrons. The zero-order chi connectivity index (χ0) is 27.3. The molecule has 2 aliphatic rings. The van der Waals surface area contributed by atoms with E-state index in [0.717, 1.165) is 50.1 Å². The summed E-state index contributed by atoms with van der Waals surface area (Å²) < 4.78 is 10.5. The van der Waals surface area contributed by atoms with Crippen LogP contribution in [0.2, 0.25) is 0 Å². The zero-order valence-electron chi connectivity index (χ0n) is 23.7. The Kier molecular flexibility index (Phi) is 12.3. The van der Waals surface area contributed by atoms with Crippen LogP contribution in [0.25, 0.3) is 0 Å². The molecule has 0 spiro atoms. The molecule has 208 valence electrons. The van der Waals surface area contributed by atoms with Crippen molar-refractivity contribution in [2.45, 2.75) is 65.5 Å². The molecule has 4 atom stereocenters. The second kappa shape index (κ2) is 15.6. The van der Waals surface area contributed by atoms with Gasteiger partial charge in [-0.2, -0.15) is 0 Å². The van der Waals surface area contributed by atoms with Gasteiger partial charge >= 0.3 is 11.9 Å². The van der Waals surface area contributed by atoms with Gasteiger partial charge < -0.3 is 9.47 Å². The molecule has 0 amide bonds. The molecule has 0 saturated carbocycles. The van der Waals surface area contributed by atoms with Crippen molar-refractivity contribution in [3.63, 3.8) is 0 Å². The highest BCUT2D eigenvalue weighted by Crippen LogP contribution is 2.29. The van der Waals surface area contributed by atoms with E-state index in [1.807, 2.05) is 74.5 Å². The predicted octanol–water partition coefficient (Wildman–Crippen LogP) is 6.05. The first-order chi connectivity index (χ1) is 18.4. The van der Waals surface area contributed by atoms with Gasteiger partial charge in [-0.3, -0.25) is 9.80 Å². The fourth-order valence-corrected chi connectivity index (χ4v) is 5.63. The molecule has 0 N–H and O–H groups in total. The Morgan fingerprint density at radius 3 is 1.39 bits per heavy atom. The highest BCUT2D eigenvalue weighted by atomic mass is 16.5. The van der Waals surface area contributed by atoms with E-state index >= 15 is 0 Å². The van der Waals surface area contributed by atoms with E-state index in [0.29, 0.717) is 25.0 Å². The maximum Gasteiger partial charge on any atom is 0.327 e. The summed E-state index contributed by atoms with van der Waals surface area (Å²) in [6.07, 6.45) is 4.81. The third kappa shape index (κ3) is 8.67. The van der Waals surface area contributed by atoms with Crippen LogP contribution < -0.4 is 0 Å². The number of carbonyl (C=O) groups excluding carboxylic acids is 2. The van der Waals surface area contributed by atoms with Crippen LogP contribution >= 0.6 is 0 Å². The minimum atomic E-state index is -0.246. The fraction of sp³-hybridized carbons (Fsp3) is 0.562. The van der Waals surface area contributed by atoms with Crippen LogP contribution in [-0.4, -0.2) is 61.1 Å². The Morgan fingerprint density at radius 2 is 1.08 bits per heavy atom. The molecular weight excluding hydrogens is 476 g/mol. The second-order valence-electron chi connectivity index (χ2n) is 10.6. The lowest BCUT2D eigenvalue weighted by molar-refractivity contribution is -0.151. The van der Waals surface area contributed by atoms with Crippen LogP contribution in [0.4, 0.5) is 0 Å². The van der Waals surface area contributed by atoms with Gasteiger partial charge in [0.1, 0.15) is 12.1 Å². The number of likely N-dealkylation sites (tertiary alicyclic amines) is 2. The SMILES string of the molecule is CCOC(=O)[C@@H](c1ccccc1)N1CCC[C@H](C)C1.CCOC(=O)[C@H](c1ccccc1)N1CCC[C@H](C)C1. The van der Waals surface area contributed by atoms with Gasteiger partial charge in [0.15, 0.2) is 0 Å². The van der Waals surface area contributed by atoms with Gasteiger partial charge in [0.05, 0.1) is 13.2 Å². The monoisotopic (exact) mass is 522 g/mol. The van der Waals surface area contributed by atoms with Crippen LogP contribution in [-0.2, 0) is 19.1 Å².